The molecule has 0 aliphatic rings. The van der Waals surface area contributed by atoms with Crippen molar-refractivity contribution in [2.75, 3.05) is 13.6 Å². The molecule has 0 aromatic heterocycles. The molecule has 0 radical (unpaired) electrons. The molecular formula is C16H24F2N2O2. The van der Waals surface area contributed by atoms with Gasteiger partial charge in [-0.05, 0) is 64.9 Å². The van der Waals surface area contributed by atoms with Crippen LogP contribution in [0.15, 0.2) is 18.2 Å². The van der Waals surface area contributed by atoms with Gasteiger partial charge in [-0.15, -0.1) is 0 Å². The van der Waals surface area contributed by atoms with Gasteiger partial charge in [-0.1, -0.05) is 0 Å². The van der Waals surface area contributed by atoms with Gasteiger partial charge in [0.15, 0.2) is 0 Å². The Kier molecular flexibility index (Phi) is 6.74. The number of hydrogen-bond donors (Lipinski definition) is 2. The summed E-state index contributed by atoms with van der Waals surface area (Å²) in [6, 6.07) is 3.09. The Morgan fingerprint density at radius 2 is 1.82 bits per heavy atom. The van der Waals surface area contributed by atoms with Crippen molar-refractivity contribution in [1.29, 1.82) is 0 Å². The van der Waals surface area contributed by atoms with Crippen molar-refractivity contribution in [3.05, 3.63) is 35.4 Å². The zero-order valence-electron chi connectivity index (χ0n) is 13.5. The monoisotopic (exact) mass is 314 g/mol. The van der Waals surface area contributed by atoms with Crippen LogP contribution in [0.25, 0.3) is 0 Å². The zero-order chi connectivity index (χ0) is 16.8. The summed E-state index contributed by atoms with van der Waals surface area (Å²) in [6.07, 6.45) is 0.411. The van der Waals surface area contributed by atoms with E-state index in [-0.39, 0.29) is 6.04 Å². The van der Waals surface area contributed by atoms with Gasteiger partial charge in [0.2, 0.25) is 0 Å². The molecule has 1 aromatic rings. The number of rotatable bonds is 6. The van der Waals surface area contributed by atoms with Crippen LogP contribution in [0.3, 0.4) is 0 Å². The predicted molar refractivity (Wildman–Crippen MR) is 81.8 cm³/mol. The quantitative estimate of drug-likeness (QED) is 0.848. The first-order valence-corrected chi connectivity index (χ1v) is 7.28. The molecule has 0 aliphatic carbocycles. The minimum Gasteiger partial charge on any atom is -0.444 e. The van der Waals surface area contributed by atoms with E-state index in [0.29, 0.717) is 24.9 Å². The van der Waals surface area contributed by atoms with Crippen LogP contribution in [0, 0.1) is 11.6 Å². The highest BCUT2D eigenvalue weighted by Gasteiger charge is 2.20. The fourth-order valence-electron chi connectivity index (χ4n) is 2.03. The third-order valence-electron chi connectivity index (χ3n) is 2.87. The van der Waals surface area contributed by atoms with E-state index in [1.54, 1.807) is 27.8 Å². The summed E-state index contributed by atoms with van der Waals surface area (Å²) in [6.45, 7) is 5.99. The molecule has 0 bridgehead atoms. The first-order chi connectivity index (χ1) is 10.2. The van der Waals surface area contributed by atoms with Crippen molar-refractivity contribution in [3.63, 3.8) is 0 Å². The average Bonchev–Trinajstić information content (AvgIpc) is 2.32. The first-order valence-electron chi connectivity index (χ1n) is 7.28. The molecule has 0 saturated heterocycles. The molecule has 22 heavy (non-hydrogen) atoms. The minimum atomic E-state index is -0.625. The Hall–Kier alpha value is -1.69. The molecule has 0 aliphatic heterocycles. The Balaban J connectivity index is 2.73. The van der Waals surface area contributed by atoms with Crippen LogP contribution in [0.2, 0.25) is 0 Å². The number of carbonyl (C=O) groups excluding carboxylic acids is 1. The van der Waals surface area contributed by atoms with Gasteiger partial charge in [0.25, 0.3) is 0 Å². The van der Waals surface area contributed by atoms with Gasteiger partial charge < -0.3 is 15.4 Å². The Labute approximate surface area is 130 Å². The number of benzene rings is 1. The summed E-state index contributed by atoms with van der Waals surface area (Å²) in [7, 11) is 1.80. The van der Waals surface area contributed by atoms with E-state index in [0.717, 1.165) is 6.07 Å². The molecule has 2 N–H and O–H groups in total. The minimum absolute atomic E-state index is 0.275. The summed E-state index contributed by atoms with van der Waals surface area (Å²) in [5.74, 6) is -1.25. The molecule has 1 amide bonds. The summed E-state index contributed by atoms with van der Waals surface area (Å²) in [5, 5.41) is 5.74. The smallest absolute Gasteiger partial charge is 0.407 e. The molecular weight excluding hydrogens is 290 g/mol. The van der Waals surface area contributed by atoms with E-state index in [9.17, 15) is 13.6 Å². The van der Waals surface area contributed by atoms with Crippen LogP contribution >= 0.6 is 0 Å². The number of ether oxygens (including phenoxy) is 1. The van der Waals surface area contributed by atoms with Gasteiger partial charge in [0, 0.05) is 12.1 Å². The van der Waals surface area contributed by atoms with Crippen molar-refractivity contribution >= 4 is 6.09 Å². The number of halogens is 2. The molecule has 0 unspecified atom stereocenters. The highest BCUT2D eigenvalue weighted by molar-refractivity contribution is 5.68. The fourth-order valence-corrected chi connectivity index (χ4v) is 2.03. The molecule has 0 fully saturated rings. The molecule has 4 nitrogen and oxygen atoms in total. The number of amides is 1. The maximum atomic E-state index is 13.3. The van der Waals surface area contributed by atoms with Crippen molar-refractivity contribution in [2.24, 2.45) is 0 Å². The highest BCUT2D eigenvalue weighted by atomic mass is 19.1. The highest BCUT2D eigenvalue weighted by Crippen LogP contribution is 2.12. The number of hydrogen-bond acceptors (Lipinski definition) is 3. The summed E-state index contributed by atoms with van der Waals surface area (Å²) in [4.78, 5) is 11.9. The maximum absolute atomic E-state index is 13.3. The van der Waals surface area contributed by atoms with Gasteiger partial charge in [-0.3, -0.25) is 0 Å². The summed E-state index contributed by atoms with van der Waals surface area (Å²) < 4.78 is 31.7. The lowest BCUT2D eigenvalue weighted by atomic mass is 10.0. The van der Waals surface area contributed by atoms with E-state index < -0.39 is 23.3 Å². The number of carbonyl (C=O) groups is 1. The van der Waals surface area contributed by atoms with Crippen LogP contribution in [-0.2, 0) is 11.2 Å². The predicted octanol–water partition coefficient (Wildman–Crippen LogP) is 3.01. The van der Waals surface area contributed by atoms with Gasteiger partial charge in [0.1, 0.15) is 17.2 Å². The van der Waals surface area contributed by atoms with Gasteiger partial charge in [0.05, 0.1) is 0 Å². The van der Waals surface area contributed by atoms with Crippen LogP contribution in [0.5, 0.6) is 0 Å². The Morgan fingerprint density at radius 1 is 1.23 bits per heavy atom. The van der Waals surface area contributed by atoms with Gasteiger partial charge >= 0.3 is 6.09 Å². The third kappa shape index (κ3) is 7.36. The molecule has 1 atom stereocenters. The average molecular weight is 314 g/mol. The second-order valence-corrected chi connectivity index (χ2v) is 6.22. The molecule has 6 heteroatoms. The third-order valence-corrected chi connectivity index (χ3v) is 2.87. The van der Waals surface area contributed by atoms with Gasteiger partial charge in [-0.2, -0.15) is 0 Å². The van der Waals surface area contributed by atoms with Crippen molar-refractivity contribution in [2.45, 2.75) is 45.3 Å². The fraction of sp³-hybridized carbons (Fsp3) is 0.562. The van der Waals surface area contributed by atoms with E-state index in [1.807, 2.05) is 0 Å². The molecule has 0 spiro atoms. The van der Waals surface area contributed by atoms with Crippen molar-refractivity contribution < 1.29 is 18.3 Å². The second kappa shape index (κ2) is 8.08. The molecule has 0 saturated carbocycles. The lowest BCUT2D eigenvalue weighted by Gasteiger charge is -2.24. The van der Waals surface area contributed by atoms with E-state index in [4.69, 9.17) is 4.74 Å². The van der Waals surface area contributed by atoms with Crippen LogP contribution in [0.4, 0.5) is 13.6 Å². The van der Waals surface area contributed by atoms with Crippen molar-refractivity contribution in [1.82, 2.24) is 10.6 Å². The first kappa shape index (κ1) is 18.4. The normalized spacial score (nSPS) is 12.8. The molecule has 1 rings (SSSR count). The lowest BCUT2D eigenvalue weighted by molar-refractivity contribution is 0.0502. The molecule has 0 heterocycles. The van der Waals surface area contributed by atoms with Crippen LogP contribution in [0.1, 0.15) is 32.8 Å². The van der Waals surface area contributed by atoms with E-state index in [2.05, 4.69) is 10.6 Å². The largest absolute Gasteiger partial charge is 0.444 e. The summed E-state index contributed by atoms with van der Waals surface area (Å²) >= 11 is 0. The van der Waals surface area contributed by atoms with Crippen LogP contribution in [-0.4, -0.2) is 31.3 Å². The second-order valence-electron chi connectivity index (χ2n) is 6.22. The topological polar surface area (TPSA) is 50.4 Å². The SMILES string of the molecule is CNCC[C@H](Cc1cc(F)cc(F)c1)NC(=O)OC(C)(C)C. The van der Waals surface area contributed by atoms with E-state index >= 15 is 0 Å². The Bertz CT molecular complexity index is 481. The Morgan fingerprint density at radius 3 is 2.32 bits per heavy atom. The van der Waals surface area contributed by atoms with Gasteiger partial charge in [-0.25, -0.2) is 13.6 Å². The van der Waals surface area contributed by atoms with Crippen molar-refractivity contribution in [3.8, 4) is 0 Å². The zero-order valence-corrected chi connectivity index (χ0v) is 13.5. The summed E-state index contributed by atoms with van der Waals surface area (Å²) in [5.41, 5.74) is -0.0996. The maximum Gasteiger partial charge on any atom is 0.407 e. The van der Waals surface area contributed by atoms with E-state index in [1.165, 1.54) is 12.1 Å². The standard InChI is InChI=1S/C16H24F2N2O2/c1-16(2,3)22-15(21)20-14(5-6-19-4)9-11-7-12(17)10-13(18)8-11/h7-8,10,14,19H,5-6,9H2,1-4H3,(H,20,21)/t14-/m1/s1. The molecule has 124 valence electrons. The number of alkyl carbamates (subject to hydrolysis) is 1. The number of nitrogens with one attached hydrogen (secondary N) is 2. The lowest BCUT2D eigenvalue weighted by Crippen LogP contribution is -2.41. The van der Waals surface area contributed by atoms with Crippen LogP contribution < -0.4 is 10.6 Å². The molecule has 1 aromatic carbocycles.